The Morgan fingerprint density at radius 3 is 2.84 bits per heavy atom. The third kappa shape index (κ3) is 3.25. The minimum absolute atomic E-state index is 0.298. The van der Waals surface area contributed by atoms with Crippen molar-refractivity contribution in [2.75, 3.05) is 13.1 Å². The number of hydrazone groups is 1. The summed E-state index contributed by atoms with van der Waals surface area (Å²) in [7, 11) is 0. The molecule has 1 aliphatic rings. The van der Waals surface area contributed by atoms with Crippen molar-refractivity contribution in [3.05, 3.63) is 29.3 Å². The van der Waals surface area contributed by atoms with Gasteiger partial charge in [0.25, 0.3) is 0 Å². The van der Waals surface area contributed by atoms with E-state index < -0.39 is 11.1 Å². The predicted octanol–water partition coefficient (Wildman–Crippen LogP) is 0.499. The standard InChI is InChI=1S/C12H16N4O2S/c1-8-3-4-10(19(17)18)5-11(8)12(13-2)16-15-9-6-14-7-9/h3-5,9,14-15H,2,6-7H2,1H3,(H,17,18)/b16-12-. The van der Waals surface area contributed by atoms with Crippen LogP contribution in [0, 0.1) is 6.92 Å². The van der Waals surface area contributed by atoms with Gasteiger partial charge in [0.05, 0.1) is 10.9 Å². The lowest BCUT2D eigenvalue weighted by molar-refractivity contribution is 0.374. The Hall–Kier alpha value is -1.57. The monoisotopic (exact) mass is 280 g/mol. The van der Waals surface area contributed by atoms with Gasteiger partial charge < -0.3 is 15.3 Å². The van der Waals surface area contributed by atoms with E-state index in [-0.39, 0.29) is 0 Å². The van der Waals surface area contributed by atoms with E-state index in [1.807, 2.05) is 6.92 Å². The molecule has 0 amide bonds. The molecule has 1 aromatic carbocycles. The highest BCUT2D eigenvalue weighted by molar-refractivity contribution is 7.79. The normalized spacial score (nSPS) is 17.7. The van der Waals surface area contributed by atoms with Gasteiger partial charge in [-0.15, -0.1) is 0 Å². The second-order valence-electron chi connectivity index (χ2n) is 4.30. The van der Waals surface area contributed by atoms with Crippen molar-refractivity contribution in [1.82, 2.24) is 10.7 Å². The minimum atomic E-state index is -2.02. The molecule has 1 atom stereocenters. The fourth-order valence-electron chi connectivity index (χ4n) is 1.66. The second kappa shape index (κ2) is 6.05. The van der Waals surface area contributed by atoms with Crippen molar-refractivity contribution < 1.29 is 8.76 Å². The number of nitrogens with one attached hydrogen (secondary N) is 2. The average Bonchev–Trinajstić information content (AvgIpc) is 2.33. The largest absolute Gasteiger partial charge is 0.312 e. The molecule has 1 fully saturated rings. The lowest BCUT2D eigenvalue weighted by Crippen LogP contribution is -2.53. The highest BCUT2D eigenvalue weighted by atomic mass is 32.2. The molecule has 102 valence electrons. The van der Waals surface area contributed by atoms with Gasteiger partial charge in [-0.3, -0.25) is 0 Å². The quantitative estimate of drug-likeness (QED) is 0.324. The summed E-state index contributed by atoms with van der Waals surface area (Å²) in [5.41, 5.74) is 4.63. The molecule has 1 aromatic rings. The Morgan fingerprint density at radius 2 is 2.32 bits per heavy atom. The molecule has 7 heteroatoms. The van der Waals surface area contributed by atoms with E-state index in [9.17, 15) is 4.21 Å². The number of hydrogen-bond acceptors (Lipinski definition) is 4. The highest BCUT2D eigenvalue weighted by Crippen LogP contribution is 2.15. The van der Waals surface area contributed by atoms with Crippen molar-refractivity contribution in [2.24, 2.45) is 10.1 Å². The Labute approximate surface area is 114 Å². The molecule has 1 heterocycles. The van der Waals surface area contributed by atoms with Gasteiger partial charge in [-0.2, -0.15) is 5.10 Å². The van der Waals surface area contributed by atoms with Crippen LogP contribution < -0.4 is 10.7 Å². The van der Waals surface area contributed by atoms with Gasteiger partial charge in [-0.1, -0.05) is 6.07 Å². The molecular formula is C12H16N4O2S. The van der Waals surface area contributed by atoms with E-state index in [2.05, 4.69) is 27.6 Å². The van der Waals surface area contributed by atoms with E-state index in [1.54, 1.807) is 18.2 Å². The first-order valence-electron chi connectivity index (χ1n) is 5.84. The molecule has 0 spiro atoms. The van der Waals surface area contributed by atoms with Crippen LogP contribution in [0.1, 0.15) is 11.1 Å². The number of rotatable bonds is 4. The summed E-state index contributed by atoms with van der Waals surface area (Å²) in [6.07, 6.45) is 0. The van der Waals surface area contributed by atoms with Crippen LogP contribution in [-0.2, 0) is 11.1 Å². The zero-order valence-corrected chi connectivity index (χ0v) is 11.4. The van der Waals surface area contributed by atoms with Crippen LogP contribution in [0.3, 0.4) is 0 Å². The maximum absolute atomic E-state index is 11.1. The van der Waals surface area contributed by atoms with Crippen LogP contribution >= 0.6 is 0 Å². The molecule has 0 aromatic heterocycles. The molecule has 6 nitrogen and oxygen atoms in total. The smallest absolute Gasteiger partial charge is 0.186 e. The van der Waals surface area contributed by atoms with Crippen LogP contribution in [0.25, 0.3) is 0 Å². The van der Waals surface area contributed by atoms with Crippen LogP contribution in [-0.4, -0.2) is 40.4 Å². The lowest BCUT2D eigenvalue weighted by Gasteiger charge is -2.26. The summed E-state index contributed by atoms with van der Waals surface area (Å²) in [4.78, 5) is 4.21. The zero-order valence-electron chi connectivity index (χ0n) is 10.6. The maximum atomic E-state index is 11.1. The highest BCUT2D eigenvalue weighted by Gasteiger charge is 2.16. The van der Waals surface area contributed by atoms with Crippen LogP contribution in [0.4, 0.5) is 0 Å². The first-order chi connectivity index (χ1) is 9.11. The van der Waals surface area contributed by atoms with Gasteiger partial charge in [0, 0.05) is 18.7 Å². The maximum Gasteiger partial charge on any atom is 0.186 e. The van der Waals surface area contributed by atoms with Gasteiger partial charge in [0.15, 0.2) is 16.9 Å². The van der Waals surface area contributed by atoms with Gasteiger partial charge in [-0.25, -0.2) is 9.20 Å². The van der Waals surface area contributed by atoms with Crippen LogP contribution in [0.5, 0.6) is 0 Å². The zero-order chi connectivity index (χ0) is 13.8. The summed E-state index contributed by atoms with van der Waals surface area (Å²) < 4.78 is 20.2. The number of hydrogen-bond donors (Lipinski definition) is 3. The Kier molecular flexibility index (Phi) is 4.41. The molecule has 1 unspecified atom stereocenters. The van der Waals surface area contributed by atoms with Gasteiger partial charge in [-0.05, 0) is 31.3 Å². The lowest BCUT2D eigenvalue weighted by atomic mass is 10.1. The van der Waals surface area contributed by atoms with E-state index in [4.69, 9.17) is 4.55 Å². The Morgan fingerprint density at radius 1 is 1.58 bits per heavy atom. The summed E-state index contributed by atoms with van der Waals surface area (Å²) in [5, 5.41) is 7.34. The first kappa shape index (κ1) is 13.9. The first-order valence-corrected chi connectivity index (χ1v) is 6.95. The second-order valence-corrected chi connectivity index (χ2v) is 5.27. The Bertz CT molecular complexity index is 541. The minimum Gasteiger partial charge on any atom is -0.312 e. The summed E-state index contributed by atoms with van der Waals surface area (Å²) in [6, 6.07) is 5.29. The van der Waals surface area contributed by atoms with E-state index in [0.29, 0.717) is 22.3 Å². The van der Waals surface area contributed by atoms with Crippen LogP contribution in [0.2, 0.25) is 0 Å². The molecule has 2 rings (SSSR count). The predicted molar refractivity (Wildman–Crippen MR) is 76.1 cm³/mol. The molecule has 0 aliphatic carbocycles. The average molecular weight is 280 g/mol. The number of amidine groups is 1. The molecule has 0 saturated carbocycles. The molecule has 19 heavy (non-hydrogen) atoms. The van der Waals surface area contributed by atoms with E-state index in [1.165, 1.54) is 0 Å². The van der Waals surface area contributed by atoms with Crippen molar-refractivity contribution in [3.8, 4) is 0 Å². The summed E-state index contributed by atoms with van der Waals surface area (Å²) >= 11 is -2.02. The summed E-state index contributed by atoms with van der Waals surface area (Å²) in [5.74, 6) is 0.428. The molecule has 1 saturated heterocycles. The SMILES string of the molecule is C=N/C(=N\NC1CNC1)c1cc(S(=O)O)ccc1C. The van der Waals surface area contributed by atoms with Crippen molar-refractivity contribution in [3.63, 3.8) is 0 Å². The molecule has 0 bridgehead atoms. The summed E-state index contributed by atoms with van der Waals surface area (Å²) in [6.45, 7) is 7.13. The third-order valence-electron chi connectivity index (χ3n) is 2.94. The van der Waals surface area contributed by atoms with Crippen molar-refractivity contribution in [2.45, 2.75) is 17.9 Å². The number of benzene rings is 1. The van der Waals surface area contributed by atoms with Crippen LogP contribution in [0.15, 0.2) is 33.2 Å². The third-order valence-corrected chi connectivity index (χ3v) is 3.59. The van der Waals surface area contributed by atoms with Crippen molar-refractivity contribution >= 4 is 23.6 Å². The molecule has 3 N–H and O–H groups in total. The fraction of sp³-hybridized carbons (Fsp3) is 0.333. The molecular weight excluding hydrogens is 264 g/mol. The van der Waals surface area contributed by atoms with Gasteiger partial charge in [0.2, 0.25) is 0 Å². The number of aliphatic imine (C=N–C) groups is 1. The molecule has 1 aliphatic heterocycles. The Balaban J connectivity index is 2.27. The van der Waals surface area contributed by atoms with E-state index in [0.717, 1.165) is 18.7 Å². The van der Waals surface area contributed by atoms with E-state index >= 15 is 0 Å². The van der Waals surface area contributed by atoms with Gasteiger partial charge >= 0.3 is 0 Å². The topological polar surface area (TPSA) is 86.1 Å². The number of aryl methyl sites for hydroxylation is 1. The fourth-order valence-corrected chi connectivity index (χ4v) is 2.07. The molecule has 0 radical (unpaired) electrons. The van der Waals surface area contributed by atoms with Gasteiger partial charge in [0.1, 0.15) is 0 Å². The number of nitrogens with zero attached hydrogens (tertiary/aromatic N) is 2. The van der Waals surface area contributed by atoms with Crippen molar-refractivity contribution in [1.29, 1.82) is 0 Å².